The highest BCUT2D eigenvalue weighted by atomic mass is 32.2. The van der Waals surface area contributed by atoms with Crippen molar-refractivity contribution in [3.63, 3.8) is 0 Å². The van der Waals surface area contributed by atoms with Crippen molar-refractivity contribution in [2.24, 2.45) is 5.92 Å². The maximum absolute atomic E-state index is 13.2. The molecule has 0 radical (unpaired) electrons. The third kappa shape index (κ3) is 4.84. The lowest BCUT2D eigenvalue weighted by molar-refractivity contribution is -0.146. The Morgan fingerprint density at radius 2 is 1.97 bits per heavy atom. The first kappa shape index (κ1) is 23.5. The first-order chi connectivity index (χ1) is 15.8. The number of rotatable bonds is 5. The predicted octanol–water partition coefficient (Wildman–Crippen LogP) is 4.23. The predicted molar refractivity (Wildman–Crippen MR) is 131 cm³/mol. The van der Waals surface area contributed by atoms with E-state index in [1.54, 1.807) is 23.6 Å². The first-order valence-electron chi connectivity index (χ1n) is 10.9. The van der Waals surface area contributed by atoms with Crippen molar-refractivity contribution in [2.75, 3.05) is 20.2 Å². The molecule has 2 aromatic heterocycles. The lowest BCUT2D eigenvalue weighted by Crippen LogP contribution is -2.40. The standard InChI is InChI=1S/C24H27N3O4S2/c1-13-5-6-14(2)17(11-13)32-12-18-25-21(28)19-15(3)20(33-22(19)26-18)23(29)27-9-7-16(8-10-27)24(30)31-4/h5-6,11,16H,7-10,12H2,1-4H3,(H,25,26,28). The molecule has 33 heavy (non-hydrogen) atoms. The molecule has 0 spiro atoms. The van der Waals surface area contributed by atoms with Gasteiger partial charge in [0.1, 0.15) is 10.7 Å². The quantitative estimate of drug-likeness (QED) is 0.430. The molecule has 1 aromatic carbocycles. The van der Waals surface area contributed by atoms with Crippen LogP contribution < -0.4 is 5.56 Å². The van der Waals surface area contributed by atoms with E-state index in [-0.39, 0.29) is 23.4 Å². The highest BCUT2D eigenvalue weighted by Gasteiger charge is 2.30. The molecule has 4 rings (SSSR count). The number of methoxy groups -OCH3 is 1. The van der Waals surface area contributed by atoms with Gasteiger partial charge in [0.2, 0.25) is 0 Å². The van der Waals surface area contributed by atoms with E-state index in [1.165, 1.54) is 29.6 Å². The van der Waals surface area contributed by atoms with Gasteiger partial charge in [-0.05, 0) is 50.8 Å². The van der Waals surface area contributed by atoms with E-state index < -0.39 is 0 Å². The smallest absolute Gasteiger partial charge is 0.308 e. The Morgan fingerprint density at radius 3 is 2.67 bits per heavy atom. The highest BCUT2D eigenvalue weighted by Crippen LogP contribution is 2.31. The first-order valence-corrected chi connectivity index (χ1v) is 12.7. The number of hydrogen-bond donors (Lipinski definition) is 1. The average molecular weight is 486 g/mol. The number of aromatic nitrogens is 2. The maximum Gasteiger partial charge on any atom is 0.308 e. The van der Waals surface area contributed by atoms with Crippen LogP contribution in [0.2, 0.25) is 0 Å². The number of ether oxygens (including phenoxy) is 1. The van der Waals surface area contributed by atoms with E-state index in [0.29, 0.717) is 58.2 Å². The molecule has 1 fully saturated rings. The number of nitrogens with zero attached hydrogens (tertiary/aromatic N) is 2. The topological polar surface area (TPSA) is 92.4 Å². The Hall–Kier alpha value is -2.65. The van der Waals surface area contributed by atoms with Crippen molar-refractivity contribution >= 4 is 45.2 Å². The second-order valence-corrected chi connectivity index (χ2v) is 10.4. The number of aryl methyl sites for hydroxylation is 3. The van der Waals surface area contributed by atoms with Gasteiger partial charge < -0.3 is 14.6 Å². The van der Waals surface area contributed by atoms with Crippen LogP contribution in [-0.4, -0.2) is 46.9 Å². The van der Waals surface area contributed by atoms with Crippen molar-refractivity contribution < 1.29 is 14.3 Å². The van der Waals surface area contributed by atoms with Gasteiger partial charge in [-0.15, -0.1) is 23.1 Å². The van der Waals surface area contributed by atoms with Gasteiger partial charge in [0.15, 0.2) is 0 Å². The number of benzene rings is 1. The molecule has 1 amide bonds. The third-order valence-electron chi connectivity index (χ3n) is 6.07. The van der Waals surface area contributed by atoms with Gasteiger partial charge >= 0.3 is 5.97 Å². The fourth-order valence-electron chi connectivity index (χ4n) is 4.10. The van der Waals surface area contributed by atoms with Crippen LogP contribution in [-0.2, 0) is 15.3 Å². The summed E-state index contributed by atoms with van der Waals surface area (Å²) in [6.07, 6.45) is 1.17. The van der Waals surface area contributed by atoms with Gasteiger partial charge in [-0.25, -0.2) is 4.98 Å². The average Bonchev–Trinajstić information content (AvgIpc) is 3.15. The zero-order valence-electron chi connectivity index (χ0n) is 19.2. The second kappa shape index (κ2) is 9.69. The summed E-state index contributed by atoms with van der Waals surface area (Å²) in [7, 11) is 1.39. The van der Waals surface area contributed by atoms with Crippen LogP contribution in [0.25, 0.3) is 10.2 Å². The number of H-pyrrole nitrogens is 1. The lowest BCUT2D eigenvalue weighted by atomic mass is 9.97. The Kier molecular flexibility index (Phi) is 6.90. The molecule has 3 aromatic rings. The van der Waals surface area contributed by atoms with Gasteiger partial charge in [-0.1, -0.05) is 17.7 Å². The molecule has 7 nitrogen and oxygen atoms in total. The number of amides is 1. The van der Waals surface area contributed by atoms with Crippen LogP contribution in [0.1, 0.15) is 45.0 Å². The molecule has 0 unspecified atom stereocenters. The number of esters is 1. The van der Waals surface area contributed by atoms with Gasteiger partial charge in [0.05, 0.1) is 29.0 Å². The number of aromatic amines is 1. The SMILES string of the molecule is COC(=O)C1CCN(C(=O)c2sc3nc(CSc4cc(C)ccc4C)[nH]c(=O)c3c2C)CC1. The summed E-state index contributed by atoms with van der Waals surface area (Å²) in [6, 6.07) is 6.30. The molecule has 3 heterocycles. The molecule has 0 saturated carbocycles. The van der Waals surface area contributed by atoms with Gasteiger partial charge in [-0.2, -0.15) is 0 Å². The minimum Gasteiger partial charge on any atom is -0.469 e. The van der Waals surface area contributed by atoms with Gasteiger partial charge in [0, 0.05) is 18.0 Å². The number of likely N-dealkylation sites (tertiary alicyclic amines) is 1. The maximum atomic E-state index is 13.2. The van der Waals surface area contributed by atoms with E-state index in [9.17, 15) is 14.4 Å². The summed E-state index contributed by atoms with van der Waals surface area (Å²) in [4.78, 5) is 49.4. The van der Waals surface area contributed by atoms with Crippen LogP contribution in [0.15, 0.2) is 27.9 Å². The Balaban J connectivity index is 1.54. The van der Waals surface area contributed by atoms with Crippen molar-refractivity contribution in [3.05, 3.63) is 55.9 Å². The molecule has 1 aliphatic heterocycles. The molecule has 9 heteroatoms. The van der Waals surface area contributed by atoms with Crippen molar-refractivity contribution in [1.29, 1.82) is 0 Å². The van der Waals surface area contributed by atoms with Crippen LogP contribution in [0.3, 0.4) is 0 Å². The molecule has 1 N–H and O–H groups in total. The fraction of sp³-hybridized carbons (Fsp3) is 0.417. The normalized spacial score (nSPS) is 14.6. The lowest BCUT2D eigenvalue weighted by Gasteiger charge is -2.30. The molecule has 0 atom stereocenters. The summed E-state index contributed by atoms with van der Waals surface area (Å²) >= 11 is 2.90. The van der Waals surface area contributed by atoms with E-state index in [2.05, 4.69) is 42.0 Å². The van der Waals surface area contributed by atoms with Crippen molar-refractivity contribution in [1.82, 2.24) is 14.9 Å². The van der Waals surface area contributed by atoms with E-state index in [4.69, 9.17) is 4.74 Å². The number of thiophene rings is 1. The van der Waals surface area contributed by atoms with Crippen LogP contribution >= 0.6 is 23.1 Å². The number of carbonyl (C=O) groups is 2. The zero-order valence-corrected chi connectivity index (χ0v) is 20.8. The van der Waals surface area contributed by atoms with Crippen molar-refractivity contribution in [3.8, 4) is 0 Å². The summed E-state index contributed by atoms with van der Waals surface area (Å²) in [6.45, 7) is 6.91. The molecule has 1 saturated heterocycles. The minimum absolute atomic E-state index is 0.107. The zero-order chi connectivity index (χ0) is 23.7. The number of fused-ring (bicyclic) bond motifs is 1. The van der Waals surface area contributed by atoms with Gasteiger partial charge in [0.25, 0.3) is 11.5 Å². The summed E-state index contributed by atoms with van der Waals surface area (Å²) in [5.74, 6) is 0.643. The van der Waals surface area contributed by atoms with E-state index in [1.807, 2.05) is 0 Å². The number of hydrogen-bond acceptors (Lipinski definition) is 7. The monoisotopic (exact) mass is 485 g/mol. The van der Waals surface area contributed by atoms with Crippen molar-refractivity contribution in [2.45, 2.75) is 44.3 Å². The fourth-order valence-corrected chi connectivity index (χ4v) is 6.26. The molecule has 0 bridgehead atoms. The number of thioether (sulfide) groups is 1. The Labute approximate surface area is 200 Å². The Bertz CT molecular complexity index is 1270. The molecular weight excluding hydrogens is 458 g/mol. The Morgan fingerprint density at radius 1 is 1.24 bits per heavy atom. The van der Waals surface area contributed by atoms with Crippen LogP contribution in [0.5, 0.6) is 0 Å². The van der Waals surface area contributed by atoms with E-state index in [0.717, 1.165) is 4.90 Å². The summed E-state index contributed by atoms with van der Waals surface area (Å²) in [5.41, 5.74) is 2.82. The molecule has 1 aliphatic rings. The summed E-state index contributed by atoms with van der Waals surface area (Å²) in [5, 5.41) is 0.480. The van der Waals surface area contributed by atoms with Crippen LogP contribution in [0, 0.1) is 26.7 Å². The largest absolute Gasteiger partial charge is 0.469 e. The number of carbonyl (C=O) groups excluding carboxylic acids is 2. The second-order valence-electron chi connectivity index (χ2n) is 8.40. The molecule has 0 aliphatic carbocycles. The van der Waals surface area contributed by atoms with E-state index >= 15 is 0 Å². The number of nitrogens with one attached hydrogen (secondary N) is 1. The minimum atomic E-state index is -0.220. The third-order valence-corrected chi connectivity index (χ3v) is 8.41. The van der Waals surface area contributed by atoms with Crippen LogP contribution in [0.4, 0.5) is 0 Å². The summed E-state index contributed by atoms with van der Waals surface area (Å²) < 4.78 is 4.83. The number of piperidine rings is 1. The molecule has 174 valence electrons. The molecular formula is C24H27N3O4S2. The highest BCUT2D eigenvalue weighted by molar-refractivity contribution is 7.98. The van der Waals surface area contributed by atoms with Gasteiger partial charge in [-0.3, -0.25) is 14.4 Å².